The molecule has 2 rings (SSSR count). The van der Waals surface area contributed by atoms with Gasteiger partial charge in [0.15, 0.2) is 0 Å². The lowest BCUT2D eigenvalue weighted by molar-refractivity contribution is 0.0693. The maximum atomic E-state index is 10.8. The lowest BCUT2D eigenvalue weighted by atomic mass is 9.82. The van der Waals surface area contributed by atoms with E-state index in [0.29, 0.717) is 0 Å². The minimum absolute atomic E-state index is 0.00405. The monoisotopic (exact) mass is 190 g/mol. The highest BCUT2D eigenvalue weighted by atomic mass is 16.4. The molecule has 1 aromatic carbocycles. The fourth-order valence-electron chi connectivity index (χ4n) is 1.66. The Bertz CT molecular complexity index is 396. The van der Waals surface area contributed by atoms with Crippen LogP contribution >= 0.6 is 0 Å². The Balaban J connectivity index is 2.52. The lowest BCUT2D eigenvalue weighted by Crippen LogP contribution is -2.06. The van der Waals surface area contributed by atoms with Crippen LogP contribution in [-0.2, 0) is 5.31 Å². The second-order valence-corrected chi connectivity index (χ2v) is 4.07. The molecule has 0 aromatic heterocycles. The third-order valence-corrected chi connectivity index (χ3v) is 2.92. The van der Waals surface area contributed by atoms with Crippen LogP contribution in [0.3, 0.4) is 0 Å². The number of rotatable bonds is 2. The molecule has 1 heterocycles. The molecule has 4 heteroatoms. The molecule has 72 valence electrons. The third kappa shape index (κ3) is 1.27. The number of carboxylic acids is 1. The molecule has 2 N–H and O–H groups in total. The molecule has 0 radical (unpaired) electrons. The van der Waals surface area contributed by atoms with Crippen molar-refractivity contribution in [2.45, 2.75) is 18.6 Å². The van der Waals surface area contributed by atoms with Gasteiger partial charge in [-0.25, -0.2) is 4.79 Å². The zero-order valence-electron chi connectivity index (χ0n) is 7.95. The van der Waals surface area contributed by atoms with E-state index in [4.69, 9.17) is 5.11 Å². The molecule has 0 saturated carbocycles. The first-order valence-corrected chi connectivity index (χ1v) is 4.60. The average molecular weight is 190 g/mol. The minimum atomic E-state index is -1.08. The molecule has 0 spiro atoms. The van der Waals surface area contributed by atoms with Crippen molar-refractivity contribution in [2.75, 3.05) is 0 Å². The molecule has 1 fully saturated rings. The molecule has 0 bridgehead atoms. The van der Waals surface area contributed by atoms with E-state index >= 15 is 0 Å². The van der Waals surface area contributed by atoms with Gasteiger partial charge in [-0.15, -0.1) is 0 Å². The highest BCUT2D eigenvalue weighted by Gasteiger charge is 2.42. The van der Waals surface area contributed by atoms with E-state index in [0.717, 1.165) is 19.2 Å². The van der Waals surface area contributed by atoms with Crippen molar-refractivity contribution >= 4 is 13.2 Å². The first-order valence-electron chi connectivity index (χ1n) is 4.60. The van der Waals surface area contributed by atoms with Crippen molar-refractivity contribution in [3.63, 3.8) is 0 Å². The minimum Gasteiger partial charge on any atom is -0.507 e. The van der Waals surface area contributed by atoms with Crippen LogP contribution in [0.1, 0.15) is 22.8 Å². The molecular weight excluding hydrogens is 179 g/mol. The number of para-hydroxylation sites is 1. The summed E-state index contributed by atoms with van der Waals surface area (Å²) in [5.41, 5.74) is 0.757. The van der Waals surface area contributed by atoms with E-state index in [-0.39, 0.29) is 16.6 Å². The van der Waals surface area contributed by atoms with Gasteiger partial charge in [0.05, 0.1) is 0 Å². The van der Waals surface area contributed by atoms with E-state index < -0.39 is 5.97 Å². The number of carbonyl (C=O) groups is 1. The molecule has 14 heavy (non-hydrogen) atoms. The predicted octanol–water partition coefficient (Wildman–Crippen LogP) is 1.17. The van der Waals surface area contributed by atoms with Gasteiger partial charge in [0, 0.05) is 0 Å². The molecule has 3 nitrogen and oxygen atoms in total. The molecular formula is C10H11BO3. The first kappa shape index (κ1) is 9.12. The molecule has 0 unspecified atom stereocenters. The number of aromatic carboxylic acids is 1. The van der Waals surface area contributed by atoms with Crippen LogP contribution < -0.4 is 0 Å². The molecule has 1 saturated heterocycles. The first-order chi connectivity index (χ1) is 6.54. The zero-order chi connectivity index (χ0) is 10.3. The van der Waals surface area contributed by atoms with Crippen molar-refractivity contribution < 1.29 is 15.0 Å². The highest BCUT2D eigenvalue weighted by molar-refractivity contribution is 6.54. The summed E-state index contributed by atoms with van der Waals surface area (Å²) < 4.78 is 0. The van der Waals surface area contributed by atoms with Crippen LogP contribution in [0.4, 0.5) is 0 Å². The van der Waals surface area contributed by atoms with Gasteiger partial charge in [-0.1, -0.05) is 25.4 Å². The summed E-state index contributed by atoms with van der Waals surface area (Å²) in [5.74, 6) is -1.14. The van der Waals surface area contributed by atoms with Crippen LogP contribution in [0.15, 0.2) is 18.2 Å². The van der Waals surface area contributed by atoms with Crippen LogP contribution in [-0.4, -0.2) is 23.5 Å². The number of benzene rings is 1. The average Bonchev–Trinajstić information content (AvgIpc) is 2.84. The maximum absolute atomic E-state index is 10.8. The second-order valence-electron chi connectivity index (χ2n) is 4.07. The Labute approximate surface area is 82.6 Å². The third-order valence-electron chi connectivity index (χ3n) is 2.92. The number of aromatic hydroxyl groups is 1. The number of carboxylic acid groups (broad SMARTS) is 1. The quantitative estimate of drug-likeness (QED) is 0.688. The smallest absolute Gasteiger partial charge is 0.339 e. The molecule has 1 aliphatic rings. The molecule has 1 aromatic rings. The fourth-order valence-corrected chi connectivity index (χ4v) is 1.66. The summed E-state index contributed by atoms with van der Waals surface area (Å²) in [6, 6.07) is 4.91. The topological polar surface area (TPSA) is 57.5 Å². The Morgan fingerprint density at radius 1 is 1.57 bits per heavy atom. The number of phenols is 1. The van der Waals surface area contributed by atoms with Crippen LogP contribution in [0, 0.1) is 0 Å². The zero-order valence-corrected chi connectivity index (χ0v) is 7.95. The van der Waals surface area contributed by atoms with Gasteiger partial charge in [-0.2, -0.15) is 0 Å². The van der Waals surface area contributed by atoms with E-state index in [9.17, 15) is 9.90 Å². The fraction of sp³-hybridized carbons (Fsp3) is 0.300. The van der Waals surface area contributed by atoms with E-state index in [2.05, 4.69) is 0 Å². The van der Waals surface area contributed by atoms with Gasteiger partial charge in [-0.05, 0) is 16.9 Å². The lowest BCUT2D eigenvalue weighted by Gasteiger charge is -2.12. The van der Waals surface area contributed by atoms with Crippen molar-refractivity contribution in [2.24, 2.45) is 0 Å². The van der Waals surface area contributed by atoms with Crippen molar-refractivity contribution in [3.8, 4) is 5.75 Å². The van der Waals surface area contributed by atoms with Crippen LogP contribution in [0.2, 0.25) is 6.32 Å². The highest BCUT2D eigenvalue weighted by Crippen LogP contribution is 2.45. The molecule has 1 atom stereocenters. The Kier molecular flexibility index (Phi) is 1.81. The number of hydrogen-bond donors (Lipinski definition) is 2. The Morgan fingerprint density at radius 3 is 2.71 bits per heavy atom. The molecule has 0 amide bonds. The Hall–Kier alpha value is -1.45. The van der Waals surface area contributed by atoms with Gasteiger partial charge in [0.1, 0.15) is 18.6 Å². The SMILES string of the molecule is C[C@@]1(c2cccc(C(=O)O)c2O)BC1. The van der Waals surface area contributed by atoms with Crippen molar-refractivity contribution in [3.05, 3.63) is 29.3 Å². The summed E-state index contributed by atoms with van der Waals surface area (Å²) in [6.45, 7) is 2.04. The van der Waals surface area contributed by atoms with Crippen molar-refractivity contribution in [1.82, 2.24) is 0 Å². The normalized spacial score (nSPS) is 24.1. The van der Waals surface area contributed by atoms with Gasteiger partial charge < -0.3 is 10.2 Å². The second kappa shape index (κ2) is 2.77. The van der Waals surface area contributed by atoms with Gasteiger partial charge in [0.2, 0.25) is 0 Å². The van der Waals surface area contributed by atoms with Gasteiger partial charge in [-0.3, -0.25) is 0 Å². The summed E-state index contributed by atoms with van der Waals surface area (Å²) >= 11 is 0. The Morgan fingerprint density at radius 2 is 2.21 bits per heavy atom. The standard InChI is InChI=1S/C10H11BO3/c1-10(5-11-10)7-4-2-3-6(8(7)12)9(13)14/h2-4,11-12H,5H2,1H3,(H,13,14)/t10-/m1/s1. The van der Waals surface area contributed by atoms with E-state index in [1.54, 1.807) is 12.1 Å². The molecule has 1 aliphatic heterocycles. The summed E-state index contributed by atoms with van der Waals surface area (Å²) in [7, 11) is 1.02. The predicted molar refractivity (Wildman–Crippen MR) is 54.4 cm³/mol. The van der Waals surface area contributed by atoms with Crippen molar-refractivity contribution in [1.29, 1.82) is 0 Å². The maximum Gasteiger partial charge on any atom is 0.339 e. The van der Waals surface area contributed by atoms with E-state index in [1.165, 1.54) is 6.07 Å². The van der Waals surface area contributed by atoms with Crippen LogP contribution in [0.5, 0.6) is 5.75 Å². The van der Waals surface area contributed by atoms with E-state index in [1.807, 2.05) is 6.92 Å². The molecule has 0 aliphatic carbocycles. The van der Waals surface area contributed by atoms with Gasteiger partial charge >= 0.3 is 5.97 Å². The number of hydrogen-bond acceptors (Lipinski definition) is 2. The summed E-state index contributed by atoms with van der Waals surface area (Å²) in [6.07, 6.45) is 1.02. The summed E-state index contributed by atoms with van der Waals surface area (Å²) in [5, 5.41) is 18.6. The van der Waals surface area contributed by atoms with Gasteiger partial charge in [0.25, 0.3) is 0 Å². The largest absolute Gasteiger partial charge is 0.507 e. The van der Waals surface area contributed by atoms with Crippen LogP contribution in [0.25, 0.3) is 0 Å². The summed E-state index contributed by atoms with van der Waals surface area (Å²) in [4.78, 5) is 10.8.